The fraction of sp³-hybridized carbons (Fsp3) is 0.583. The lowest BCUT2D eigenvalue weighted by Gasteiger charge is -2.16. The number of rotatable bonds is 2. The Morgan fingerprint density at radius 3 is 2.72 bits per heavy atom. The number of amides is 1. The number of hydrogen-bond donors (Lipinski definition) is 1. The summed E-state index contributed by atoms with van der Waals surface area (Å²) in [6.07, 6.45) is -0.346. The van der Waals surface area contributed by atoms with Gasteiger partial charge in [-0.3, -0.25) is 14.4 Å². The normalized spacial score (nSPS) is 19.6. The van der Waals surface area contributed by atoms with Crippen LogP contribution in [0, 0.1) is 0 Å². The van der Waals surface area contributed by atoms with Crippen LogP contribution in [0.1, 0.15) is 38.1 Å². The van der Waals surface area contributed by atoms with Crippen molar-refractivity contribution in [3.63, 3.8) is 0 Å². The Kier molecular flexibility index (Phi) is 3.21. The quantitative estimate of drug-likeness (QED) is 0.826. The molecule has 98 valence electrons. The molecule has 18 heavy (non-hydrogen) atoms. The van der Waals surface area contributed by atoms with Gasteiger partial charge in [0.15, 0.2) is 5.84 Å². The van der Waals surface area contributed by atoms with E-state index < -0.39 is 0 Å². The molecule has 2 rings (SSSR count). The molecule has 0 saturated heterocycles. The summed E-state index contributed by atoms with van der Waals surface area (Å²) in [7, 11) is 1.85. The fourth-order valence-electron chi connectivity index (χ4n) is 2.00. The number of nitrogens with two attached hydrogens (primary N) is 1. The number of carbonyl (C=O) groups is 1. The summed E-state index contributed by atoms with van der Waals surface area (Å²) in [6.45, 7) is 6.12. The molecule has 1 aliphatic rings. The van der Waals surface area contributed by atoms with Crippen LogP contribution >= 0.6 is 0 Å². The molecule has 0 saturated carbocycles. The van der Waals surface area contributed by atoms with Crippen molar-refractivity contribution < 1.29 is 4.79 Å². The molecule has 0 bridgehead atoms. The lowest BCUT2D eigenvalue weighted by atomic mass is 10.1. The first kappa shape index (κ1) is 12.8. The third kappa shape index (κ3) is 2.15. The van der Waals surface area contributed by atoms with Crippen molar-refractivity contribution >= 4 is 11.7 Å². The van der Waals surface area contributed by atoms with Gasteiger partial charge in [-0.15, -0.1) is 0 Å². The van der Waals surface area contributed by atoms with Crippen molar-refractivity contribution in [3.05, 3.63) is 17.5 Å². The van der Waals surface area contributed by atoms with Crippen molar-refractivity contribution in [2.45, 2.75) is 32.9 Å². The van der Waals surface area contributed by atoms with Crippen LogP contribution in [-0.2, 0) is 11.8 Å². The van der Waals surface area contributed by atoms with E-state index in [-0.39, 0.29) is 12.1 Å². The second-order valence-electron chi connectivity index (χ2n) is 4.88. The highest BCUT2D eigenvalue weighted by Crippen LogP contribution is 2.18. The highest BCUT2D eigenvalue weighted by atomic mass is 16.2. The number of aryl methyl sites for hydroxylation is 1. The Hall–Kier alpha value is -1.69. The molecular weight excluding hydrogens is 230 g/mol. The zero-order valence-corrected chi connectivity index (χ0v) is 11.2. The minimum atomic E-state index is -0.346. The molecule has 6 nitrogen and oxygen atoms in total. The molecule has 0 aliphatic carbocycles. The van der Waals surface area contributed by atoms with Gasteiger partial charge in [0.1, 0.15) is 11.9 Å². The Balaban J connectivity index is 2.41. The van der Waals surface area contributed by atoms with Gasteiger partial charge < -0.3 is 5.73 Å². The van der Waals surface area contributed by atoms with Crippen molar-refractivity contribution in [2.75, 3.05) is 6.54 Å². The van der Waals surface area contributed by atoms with E-state index >= 15 is 0 Å². The molecule has 1 unspecified atom stereocenters. The number of aromatic nitrogens is 2. The van der Waals surface area contributed by atoms with Crippen LogP contribution in [0.3, 0.4) is 0 Å². The van der Waals surface area contributed by atoms with Crippen LogP contribution < -0.4 is 5.73 Å². The molecule has 1 aromatic rings. The number of amidine groups is 1. The Labute approximate surface area is 106 Å². The van der Waals surface area contributed by atoms with Crippen LogP contribution in [0.5, 0.6) is 0 Å². The van der Waals surface area contributed by atoms with Gasteiger partial charge in [-0.1, -0.05) is 13.8 Å². The molecule has 0 radical (unpaired) electrons. The zero-order valence-electron chi connectivity index (χ0n) is 11.2. The first-order valence-corrected chi connectivity index (χ1v) is 6.06. The SMILES string of the molecule is CC(=O)N1CC(N)N=C1c1cc(C(C)C)nn1C. The Morgan fingerprint density at radius 1 is 1.56 bits per heavy atom. The molecule has 1 atom stereocenters. The van der Waals surface area contributed by atoms with Crippen molar-refractivity contribution in [1.82, 2.24) is 14.7 Å². The molecule has 2 heterocycles. The van der Waals surface area contributed by atoms with E-state index in [1.54, 1.807) is 9.58 Å². The lowest BCUT2D eigenvalue weighted by Crippen LogP contribution is -2.36. The zero-order chi connectivity index (χ0) is 13.4. The summed E-state index contributed by atoms with van der Waals surface area (Å²) in [5, 5.41) is 4.43. The maximum absolute atomic E-state index is 11.6. The third-order valence-corrected chi connectivity index (χ3v) is 3.01. The number of hydrogen-bond acceptors (Lipinski definition) is 4. The Bertz CT molecular complexity index is 503. The molecule has 0 spiro atoms. The van der Waals surface area contributed by atoms with E-state index in [0.29, 0.717) is 18.3 Å². The van der Waals surface area contributed by atoms with Gasteiger partial charge in [0.05, 0.1) is 12.2 Å². The van der Waals surface area contributed by atoms with Crippen molar-refractivity contribution in [1.29, 1.82) is 0 Å². The number of aliphatic imine (C=N–C) groups is 1. The van der Waals surface area contributed by atoms with Crippen LogP contribution in [-0.4, -0.2) is 39.1 Å². The van der Waals surface area contributed by atoms with E-state index in [9.17, 15) is 4.79 Å². The van der Waals surface area contributed by atoms with E-state index in [1.165, 1.54) is 6.92 Å². The van der Waals surface area contributed by atoms with E-state index in [1.807, 2.05) is 13.1 Å². The number of nitrogens with zero attached hydrogens (tertiary/aromatic N) is 4. The molecule has 1 aromatic heterocycles. The van der Waals surface area contributed by atoms with Crippen LogP contribution in [0.4, 0.5) is 0 Å². The van der Waals surface area contributed by atoms with Crippen molar-refractivity contribution in [2.24, 2.45) is 17.8 Å². The minimum absolute atomic E-state index is 0.0472. The summed E-state index contributed by atoms with van der Waals surface area (Å²) in [5.74, 6) is 0.914. The first-order chi connectivity index (χ1) is 8.40. The van der Waals surface area contributed by atoms with Crippen LogP contribution in [0.2, 0.25) is 0 Å². The van der Waals surface area contributed by atoms with Crippen molar-refractivity contribution in [3.8, 4) is 0 Å². The molecule has 0 aromatic carbocycles. The monoisotopic (exact) mass is 249 g/mol. The molecule has 6 heteroatoms. The molecule has 2 N–H and O–H groups in total. The van der Waals surface area contributed by atoms with Crippen LogP contribution in [0.25, 0.3) is 0 Å². The van der Waals surface area contributed by atoms with Gasteiger partial charge >= 0.3 is 0 Å². The van der Waals surface area contributed by atoms with Gasteiger partial charge in [-0.25, -0.2) is 4.99 Å². The van der Waals surface area contributed by atoms with Gasteiger partial charge in [0.25, 0.3) is 0 Å². The maximum atomic E-state index is 11.6. The summed E-state index contributed by atoms with van der Waals surface area (Å²) < 4.78 is 1.75. The summed E-state index contributed by atoms with van der Waals surface area (Å²) in [4.78, 5) is 17.5. The van der Waals surface area contributed by atoms with Gasteiger partial charge in [0.2, 0.25) is 5.91 Å². The van der Waals surface area contributed by atoms with E-state index in [2.05, 4.69) is 23.9 Å². The predicted molar refractivity (Wildman–Crippen MR) is 69.2 cm³/mol. The van der Waals surface area contributed by atoms with Gasteiger partial charge in [-0.05, 0) is 12.0 Å². The second kappa shape index (κ2) is 4.53. The van der Waals surface area contributed by atoms with Crippen LogP contribution in [0.15, 0.2) is 11.1 Å². The number of carbonyl (C=O) groups excluding carboxylic acids is 1. The Morgan fingerprint density at radius 2 is 2.22 bits per heavy atom. The smallest absolute Gasteiger partial charge is 0.225 e. The first-order valence-electron chi connectivity index (χ1n) is 6.06. The van der Waals surface area contributed by atoms with E-state index in [0.717, 1.165) is 11.4 Å². The maximum Gasteiger partial charge on any atom is 0.225 e. The third-order valence-electron chi connectivity index (χ3n) is 3.01. The largest absolute Gasteiger partial charge is 0.308 e. The minimum Gasteiger partial charge on any atom is -0.308 e. The highest BCUT2D eigenvalue weighted by Gasteiger charge is 2.29. The molecule has 1 amide bonds. The molecular formula is C12H19N5O. The summed E-state index contributed by atoms with van der Waals surface area (Å²) in [6, 6.07) is 1.97. The molecule has 1 aliphatic heterocycles. The van der Waals surface area contributed by atoms with Gasteiger partial charge in [-0.2, -0.15) is 5.10 Å². The standard InChI is InChI=1S/C12H19N5O/c1-7(2)9-5-10(16(4)15-9)12-14-11(13)6-17(12)8(3)18/h5,7,11H,6,13H2,1-4H3. The predicted octanol–water partition coefficient (Wildman–Crippen LogP) is 0.437. The molecule has 0 fully saturated rings. The van der Waals surface area contributed by atoms with E-state index in [4.69, 9.17) is 5.73 Å². The highest BCUT2D eigenvalue weighted by molar-refractivity contribution is 6.07. The van der Waals surface area contributed by atoms with Gasteiger partial charge in [0, 0.05) is 14.0 Å². The average molecular weight is 249 g/mol. The fourth-order valence-corrected chi connectivity index (χ4v) is 2.00. The average Bonchev–Trinajstić information content (AvgIpc) is 2.81. The summed E-state index contributed by atoms with van der Waals surface area (Å²) >= 11 is 0. The topological polar surface area (TPSA) is 76.5 Å². The second-order valence-corrected chi connectivity index (χ2v) is 4.88. The summed E-state index contributed by atoms with van der Waals surface area (Å²) in [5.41, 5.74) is 7.62. The lowest BCUT2D eigenvalue weighted by molar-refractivity contribution is -0.124.